The lowest BCUT2D eigenvalue weighted by atomic mass is 9.95. The van der Waals surface area contributed by atoms with Gasteiger partial charge in [0.2, 0.25) is 0 Å². The van der Waals surface area contributed by atoms with Crippen LogP contribution in [0.2, 0.25) is 0 Å². The predicted molar refractivity (Wildman–Crippen MR) is 86.7 cm³/mol. The van der Waals surface area contributed by atoms with Crippen molar-refractivity contribution >= 4 is 11.5 Å². The molecule has 0 radical (unpaired) electrons. The van der Waals surface area contributed by atoms with Gasteiger partial charge in [-0.2, -0.15) is 0 Å². The molecule has 0 aliphatic rings. The maximum absolute atomic E-state index is 12.7. The zero-order chi connectivity index (χ0) is 18.4. The second-order valence-corrected chi connectivity index (χ2v) is 5.12. The fourth-order valence-corrected chi connectivity index (χ4v) is 2.20. The van der Waals surface area contributed by atoms with Gasteiger partial charge in [0.25, 0.3) is 12.9 Å². The van der Waals surface area contributed by atoms with Gasteiger partial charge in [0.15, 0.2) is 0 Å². The minimum absolute atomic E-state index is 0.141. The van der Waals surface area contributed by atoms with Gasteiger partial charge >= 0.3 is 5.97 Å². The fourth-order valence-electron chi connectivity index (χ4n) is 2.20. The number of benzene rings is 2. The van der Waals surface area contributed by atoms with Crippen LogP contribution in [0.4, 0.5) is 17.6 Å². The molecule has 0 saturated heterocycles. The van der Waals surface area contributed by atoms with E-state index in [0.29, 0.717) is 16.7 Å². The third kappa shape index (κ3) is 5.04. The van der Waals surface area contributed by atoms with Crippen LogP contribution in [0.25, 0.3) is 5.57 Å². The lowest BCUT2D eigenvalue weighted by Crippen LogP contribution is -1.92. The molecule has 2 rings (SSSR count). The second kappa shape index (κ2) is 8.28. The van der Waals surface area contributed by atoms with Crippen molar-refractivity contribution in [2.24, 2.45) is 0 Å². The van der Waals surface area contributed by atoms with Crippen molar-refractivity contribution in [2.75, 3.05) is 0 Å². The van der Waals surface area contributed by atoms with Crippen LogP contribution in [-0.2, 0) is 4.79 Å². The van der Waals surface area contributed by atoms with E-state index < -0.39 is 18.8 Å². The van der Waals surface area contributed by atoms with Gasteiger partial charge in [-0.25, -0.2) is 22.4 Å². The summed E-state index contributed by atoms with van der Waals surface area (Å²) < 4.78 is 50.7. The molecule has 1 N–H and O–H groups in total. The highest BCUT2D eigenvalue weighted by atomic mass is 19.3. The minimum Gasteiger partial charge on any atom is -0.478 e. The van der Waals surface area contributed by atoms with Gasteiger partial charge in [-0.05, 0) is 16.7 Å². The molecule has 0 bridgehead atoms. The molecular formula is C19H14F4O2. The van der Waals surface area contributed by atoms with Gasteiger partial charge in [-0.15, -0.1) is 0 Å². The summed E-state index contributed by atoms with van der Waals surface area (Å²) in [6.07, 6.45) is -1.50. The van der Waals surface area contributed by atoms with Gasteiger partial charge in [0.1, 0.15) is 0 Å². The maximum Gasteiger partial charge on any atom is 0.328 e. The second-order valence-electron chi connectivity index (χ2n) is 5.12. The summed E-state index contributed by atoms with van der Waals surface area (Å²) in [5.74, 6) is -1.14. The normalized spacial score (nSPS) is 11.3. The van der Waals surface area contributed by atoms with Crippen molar-refractivity contribution in [2.45, 2.75) is 12.9 Å². The summed E-state index contributed by atoms with van der Waals surface area (Å²) >= 11 is 0. The Morgan fingerprint density at radius 3 is 1.52 bits per heavy atom. The summed E-state index contributed by atoms with van der Waals surface area (Å²) in [6, 6.07) is 11.0. The van der Waals surface area contributed by atoms with E-state index in [9.17, 15) is 22.4 Å². The Labute approximate surface area is 141 Å². The first kappa shape index (κ1) is 18.4. The molecule has 0 amide bonds. The van der Waals surface area contributed by atoms with Crippen LogP contribution in [-0.4, -0.2) is 11.1 Å². The maximum atomic E-state index is 12.7. The number of carbonyl (C=O) groups is 1. The molecule has 0 aliphatic carbocycles. The van der Waals surface area contributed by atoms with Gasteiger partial charge in [0, 0.05) is 17.2 Å². The van der Waals surface area contributed by atoms with Crippen LogP contribution >= 0.6 is 0 Å². The molecule has 2 aromatic carbocycles. The quantitative estimate of drug-likeness (QED) is 0.416. The van der Waals surface area contributed by atoms with E-state index in [2.05, 4.69) is 0 Å². The van der Waals surface area contributed by atoms with Crippen LogP contribution in [0.3, 0.4) is 0 Å². The molecule has 0 aromatic heterocycles. The average molecular weight is 350 g/mol. The van der Waals surface area contributed by atoms with Crippen LogP contribution in [0.5, 0.6) is 0 Å². The summed E-state index contributed by atoms with van der Waals surface area (Å²) in [6.45, 7) is 0. The summed E-state index contributed by atoms with van der Waals surface area (Å²) in [5, 5.41) is 8.68. The van der Waals surface area contributed by atoms with Crippen molar-refractivity contribution in [1.82, 2.24) is 0 Å². The first-order valence-corrected chi connectivity index (χ1v) is 7.26. The average Bonchev–Trinajstić information content (AvgIpc) is 2.59. The van der Waals surface area contributed by atoms with E-state index in [-0.39, 0.29) is 11.1 Å². The topological polar surface area (TPSA) is 37.3 Å². The molecule has 0 fully saturated rings. The van der Waals surface area contributed by atoms with E-state index in [4.69, 9.17) is 5.11 Å². The number of allylic oxidation sites excluding steroid dienone is 2. The van der Waals surface area contributed by atoms with Crippen molar-refractivity contribution in [3.05, 3.63) is 89.0 Å². The van der Waals surface area contributed by atoms with Gasteiger partial charge in [0.05, 0.1) is 0 Å². The monoisotopic (exact) mass is 350 g/mol. The first-order chi connectivity index (χ1) is 11.9. The first-order valence-electron chi connectivity index (χ1n) is 7.26. The number of hydrogen-bond donors (Lipinski definition) is 1. The Balaban J connectivity index is 2.44. The number of halogens is 4. The Kier molecular flexibility index (Phi) is 6.11. The number of hydrogen-bond acceptors (Lipinski definition) is 1. The lowest BCUT2D eigenvalue weighted by molar-refractivity contribution is -0.131. The van der Waals surface area contributed by atoms with Crippen molar-refractivity contribution in [1.29, 1.82) is 0 Å². The molecule has 0 atom stereocenters. The fraction of sp³-hybridized carbons (Fsp3) is 0.105. The Morgan fingerprint density at radius 1 is 0.800 bits per heavy atom. The molecule has 130 valence electrons. The molecule has 25 heavy (non-hydrogen) atoms. The lowest BCUT2D eigenvalue weighted by Gasteiger charge is -2.10. The molecular weight excluding hydrogens is 336 g/mol. The Bertz CT molecular complexity index is 723. The molecule has 0 aliphatic heterocycles. The number of alkyl halides is 4. The zero-order valence-corrected chi connectivity index (χ0v) is 12.9. The van der Waals surface area contributed by atoms with E-state index in [1.54, 1.807) is 0 Å². The van der Waals surface area contributed by atoms with E-state index in [0.717, 1.165) is 6.08 Å². The van der Waals surface area contributed by atoms with Gasteiger partial charge in [-0.1, -0.05) is 60.7 Å². The molecule has 0 heterocycles. The van der Waals surface area contributed by atoms with E-state index >= 15 is 0 Å². The molecule has 0 unspecified atom stereocenters. The van der Waals surface area contributed by atoms with E-state index in [1.807, 2.05) is 0 Å². The molecule has 2 aromatic rings. The molecule has 6 heteroatoms. The third-order valence-corrected chi connectivity index (χ3v) is 3.45. The molecule has 2 nitrogen and oxygen atoms in total. The summed E-state index contributed by atoms with van der Waals surface area (Å²) in [4.78, 5) is 10.6. The van der Waals surface area contributed by atoms with Crippen molar-refractivity contribution in [3.8, 4) is 0 Å². The van der Waals surface area contributed by atoms with Crippen molar-refractivity contribution < 1.29 is 27.5 Å². The van der Waals surface area contributed by atoms with Gasteiger partial charge < -0.3 is 5.11 Å². The van der Waals surface area contributed by atoms with Crippen LogP contribution < -0.4 is 0 Å². The number of carboxylic acid groups (broad SMARTS) is 1. The molecule has 0 saturated carbocycles. The van der Waals surface area contributed by atoms with Crippen LogP contribution in [0.1, 0.15) is 35.1 Å². The number of aliphatic carboxylic acids is 1. The predicted octanol–water partition coefficient (Wildman–Crippen LogP) is 5.63. The minimum atomic E-state index is -2.60. The highest BCUT2D eigenvalue weighted by molar-refractivity contribution is 5.84. The summed E-state index contributed by atoms with van der Waals surface area (Å²) in [7, 11) is 0. The highest BCUT2D eigenvalue weighted by Gasteiger charge is 2.11. The van der Waals surface area contributed by atoms with E-state index in [1.165, 1.54) is 60.7 Å². The number of carboxylic acids is 1. The van der Waals surface area contributed by atoms with Crippen LogP contribution in [0.15, 0.2) is 66.8 Å². The third-order valence-electron chi connectivity index (χ3n) is 3.45. The summed E-state index contributed by atoms with van der Waals surface area (Å²) in [5.41, 5.74) is 1.36. The SMILES string of the molecule is O=C(O)C=CC=C(c1ccc(C(F)F)cc1)c1ccc(C(F)F)cc1. The standard InChI is InChI=1S/C19H14F4O2/c20-18(21)14-8-4-12(5-9-14)16(2-1-3-17(24)25)13-6-10-15(11-7-13)19(22)23/h1-11,18-19H,(H,24,25). The largest absolute Gasteiger partial charge is 0.478 e. The Hall–Kier alpha value is -2.89. The Morgan fingerprint density at radius 2 is 1.20 bits per heavy atom. The van der Waals surface area contributed by atoms with Crippen LogP contribution in [0, 0.1) is 0 Å². The highest BCUT2D eigenvalue weighted by Crippen LogP contribution is 2.28. The smallest absolute Gasteiger partial charge is 0.328 e. The zero-order valence-electron chi connectivity index (χ0n) is 12.9. The molecule has 0 spiro atoms. The van der Waals surface area contributed by atoms with Gasteiger partial charge in [-0.3, -0.25) is 0 Å². The van der Waals surface area contributed by atoms with Crippen molar-refractivity contribution in [3.63, 3.8) is 0 Å². The number of rotatable bonds is 6.